The fourth-order valence-electron chi connectivity index (χ4n) is 7.09. The van der Waals surface area contributed by atoms with Gasteiger partial charge in [-0.25, -0.2) is 0 Å². The highest BCUT2D eigenvalue weighted by Crippen LogP contribution is 2.42. The van der Waals surface area contributed by atoms with Crippen molar-refractivity contribution in [2.75, 3.05) is 32.3 Å². The summed E-state index contributed by atoms with van der Waals surface area (Å²) < 4.78 is 109. The lowest BCUT2D eigenvalue weighted by Gasteiger charge is -2.10. The first-order valence-corrected chi connectivity index (χ1v) is 26.5. The van der Waals surface area contributed by atoms with Crippen LogP contribution >= 0.6 is 0 Å². The number of rotatable bonds is 19. The number of aryl methyl sites for hydroxylation is 3. The number of fused-ring (bicyclic) bond motifs is 1. The zero-order valence-corrected chi connectivity index (χ0v) is 43.9. The summed E-state index contributed by atoms with van der Waals surface area (Å²) in [6.07, 6.45) is 2.31. The summed E-state index contributed by atoms with van der Waals surface area (Å²) in [5.74, 6) is 0.263. The van der Waals surface area contributed by atoms with Gasteiger partial charge in [0.2, 0.25) is 11.4 Å². The summed E-state index contributed by atoms with van der Waals surface area (Å²) in [6, 6.07) is 30.8. The van der Waals surface area contributed by atoms with Crippen LogP contribution in [0.5, 0.6) is 23.0 Å². The average molecular weight is 1110 g/mol. The number of phenols is 1. The number of methoxy groups -OCH3 is 2. The number of nitrogens with zero attached hydrogens (tertiary/aromatic N) is 9. The maximum Gasteiger partial charge on any atom is 0.437 e. The third-order valence-electron chi connectivity index (χ3n) is 10.9. The molecule has 0 bridgehead atoms. The second kappa shape index (κ2) is 25.5. The van der Waals surface area contributed by atoms with Crippen LogP contribution in [0.3, 0.4) is 0 Å². The van der Waals surface area contributed by atoms with Crippen molar-refractivity contribution in [1.29, 1.82) is 0 Å². The van der Waals surface area contributed by atoms with E-state index in [0.29, 0.717) is 78.8 Å². The van der Waals surface area contributed by atoms with Gasteiger partial charge in [0.25, 0.3) is 20.2 Å². The van der Waals surface area contributed by atoms with Crippen molar-refractivity contribution in [3.05, 3.63) is 132 Å². The molecule has 27 heteroatoms. The van der Waals surface area contributed by atoms with Gasteiger partial charge in [0.05, 0.1) is 43.6 Å². The molecule has 0 atom stereocenters. The summed E-state index contributed by atoms with van der Waals surface area (Å²) >= 11 is 0. The number of isocyanates is 1. The SMILES string of the molecule is COc1cc(N=Nc2ccc(N=Nc3ccc(C)cc3S(=O)(=O)O)cc2OCCCCS(=O)(=O)O)c(C)cc1N=Nc1cc(OC)c(N=Nc2ccc3cc([N+](=C=O)c4ccc(N)cc4)ccc3c2O)cc1C.O=S(=O)=O. The van der Waals surface area contributed by atoms with E-state index in [9.17, 15) is 31.3 Å². The van der Waals surface area contributed by atoms with E-state index >= 15 is 0 Å². The van der Waals surface area contributed by atoms with Crippen LogP contribution in [-0.2, 0) is 35.6 Å². The van der Waals surface area contributed by atoms with Gasteiger partial charge in [0.15, 0.2) is 5.75 Å². The monoisotopic (exact) mass is 1110 g/mol. The first-order chi connectivity index (χ1) is 36.6. The van der Waals surface area contributed by atoms with Crippen LogP contribution < -0.4 is 24.5 Å². The highest BCUT2D eigenvalue weighted by Gasteiger charge is 2.19. The number of aromatic hydroxyl groups is 1. The molecule has 0 unspecified atom stereocenters. The molecule has 0 aliphatic carbocycles. The van der Waals surface area contributed by atoms with E-state index in [1.165, 1.54) is 43.1 Å². The standard InChI is InChI=1S/C50H46N10O11S2.O3S/c1-30-8-17-40(49(22-30)73(66,67)68)54-52-35-12-19-39(48(26-35)71-20-6-7-21-72(63,64)65)53-56-42-27-47(70-5)45(24-31(42)2)59-57-43-28-46(69-4)44(23-32(43)3)58-55-41-18-9-33-25-37(15-16-38(33)50(41)62)60(29-61)36-13-10-34(51)11-14-36;1-4(2)3/h8-19,22-28H,6-7,20-21,51H2,1-5H3,(H2-,53,54,58,59,62,63,64,65,66,67,68);/p+1. The highest BCUT2D eigenvalue weighted by atomic mass is 32.2. The molecule has 0 aromatic heterocycles. The van der Waals surface area contributed by atoms with E-state index in [0.717, 1.165) is 0 Å². The van der Waals surface area contributed by atoms with Gasteiger partial charge < -0.3 is 25.1 Å². The molecule has 0 amide bonds. The van der Waals surface area contributed by atoms with E-state index in [1.54, 1.807) is 105 Å². The van der Waals surface area contributed by atoms with Gasteiger partial charge in [-0.3, -0.25) is 9.11 Å². The van der Waals surface area contributed by atoms with E-state index in [2.05, 4.69) is 40.9 Å². The Labute approximate surface area is 442 Å². The molecule has 5 N–H and O–H groups in total. The lowest BCUT2D eigenvalue weighted by atomic mass is 10.1. The van der Waals surface area contributed by atoms with Gasteiger partial charge in [-0.1, -0.05) is 16.7 Å². The van der Waals surface area contributed by atoms with Crippen LogP contribution in [0.1, 0.15) is 29.5 Å². The summed E-state index contributed by atoms with van der Waals surface area (Å²) in [4.78, 5) is 11.5. The van der Waals surface area contributed by atoms with Crippen molar-refractivity contribution in [3.63, 3.8) is 0 Å². The quantitative estimate of drug-likeness (QED) is 0.0111. The molecule has 0 aliphatic heterocycles. The van der Waals surface area contributed by atoms with Gasteiger partial charge in [-0.15, -0.1) is 38.2 Å². The lowest BCUT2D eigenvalue weighted by molar-refractivity contribution is 0.310. The summed E-state index contributed by atoms with van der Waals surface area (Å²) in [6.45, 7) is 5.29. The first-order valence-electron chi connectivity index (χ1n) is 22.5. The Balaban J connectivity index is 0.00000232. The zero-order valence-electron chi connectivity index (χ0n) is 41.5. The molecule has 398 valence electrons. The first kappa shape index (κ1) is 57.3. The number of nitrogen functional groups attached to an aromatic ring is 1. The Kier molecular flexibility index (Phi) is 19.0. The highest BCUT2D eigenvalue weighted by molar-refractivity contribution is 7.86. The molecule has 0 aliphatic rings. The number of benzene rings is 7. The molecule has 0 spiro atoms. The maximum absolute atomic E-state index is 12.0. The van der Waals surface area contributed by atoms with Crippen molar-refractivity contribution in [1.82, 2.24) is 4.58 Å². The number of hydrogen-bond donors (Lipinski definition) is 4. The molecule has 0 saturated heterocycles. The van der Waals surface area contributed by atoms with Gasteiger partial charge >= 0.3 is 16.7 Å². The minimum Gasteiger partial charge on any atom is -0.505 e. The molecule has 0 fully saturated rings. The van der Waals surface area contributed by atoms with E-state index in [1.807, 2.05) is 13.0 Å². The average Bonchev–Trinajstić information content (AvgIpc) is 3.37. The lowest BCUT2D eigenvalue weighted by Crippen LogP contribution is -2.06. The Bertz CT molecular complexity index is 3900. The largest absolute Gasteiger partial charge is 0.505 e. The molecular formula is C50H47N10O14S3+. The second-order valence-corrected chi connectivity index (χ2v) is 19.8. The number of hydrogen-bond acceptors (Lipinski definition) is 21. The fourth-order valence-corrected chi connectivity index (χ4v) is 8.36. The van der Waals surface area contributed by atoms with Crippen molar-refractivity contribution in [3.8, 4) is 23.0 Å². The molecule has 7 aromatic rings. The Hall–Kier alpha value is -8.98. The van der Waals surface area contributed by atoms with Crippen molar-refractivity contribution < 1.29 is 62.7 Å². The fraction of sp³-hybridized carbons (Fsp3) is 0.180. The van der Waals surface area contributed by atoms with E-state index in [4.69, 9.17) is 37.1 Å². The number of phenolic OH excluding ortho intramolecular Hbond substituents is 1. The summed E-state index contributed by atoms with van der Waals surface area (Å²) in [5, 5.41) is 47.1. The minimum atomic E-state index is -4.61. The van der Waals surface area contributed by atoms with Crippen LogP contribution in [0.15, 0.2) is 161 Å². The molecule has 7 aromatic carbocycles. The molecule has 0 heterocycles. The second-order valence-electron chi connectivity index (χ2n) is 16.4. The molecule has 7 rings (SSSR count). The number of nitrogens with two attached hydrogens (primary N) is 1. The van der Waals surface area contributed by atoms with Crippen LogP contribution in [-0.4, -0.2) is 76.3 Å². The number of anilines is 1. The van der Waals surface area contributed by atoms with Gasteiger partial charge in [-0.2, -0.15) is 37.0 Å². The molecular weight excluding hydrogens is 1060 g/mol. The van der Waals surface area contributed by atoms with Gasteiger partial charge in [0, 0.05) is 53.5 Å². The minimum absolute atomic E-state index is 0.0306. The Morgan fingerprint density at radius 1 is 0.584 bits per heavy atom. The smallest absolute Gasteiger partial charge is 0.437 e. The number of ether oxygens (including phenoxy) is 3. The van der Waals surface area contributed by atoms with Crippen molar-refractivity contribution in [2.24, 2.45) is 40.9 Å². The number of carbonyl (C=O) groups excluding carboxylic acids is 1. The third-order valence-corrected chi connectivity index (χ3v) is 12.6. The van der Waals surface area contributed by atoms with Gasteiger partial charge in [0.1, 0.15) is 50.6 Å². The Morgan fingerprint density at radius 2 is 1.12 bits per heavy atom. The van der Waals surface area contributed by atoms with E-state index < -0.39 is 41.5 Å². The Morgan fingerprint density at radius 3 is 1.69 bits per heavy atom. The topological polar surface area (TPSA) is 353 Å². The van der Waals surface area contributed by atoms with E-state index in [-0.39, 0.29) is 53.7 Å². The predicted molar refractivity (Wildman–Crippen MR) is 284 cm³/mol. The number of azo groups is 4. The number of unbranched alkanes of at least 4 members (excludes halogenated alkanes) is 1. The molecule has 24 nitrogen and oxygen atoms in total. The van der Waals surface area contributed by atoms with Crippen molar-refractivity contribution in [2.45, 2.75) is 38.5 Å². The van der Waals surface area contributed by atoms with Crippen LogP contribution in [0.25, 0.3) is 10.8 Å². The molecule has 0 radical (unpaired) electrons. The van der Waals surface area contributed by atoms with Gasteiger partial charge in [-0.05, 0) is 116 Å². The van der Waals surface area contributed by atoms with Crippen molar-refractivity contribution >= 4 is 110 Å². The normalized spacial score (nSPS) is 11.8. The molecule has 0 saturated carbocycles. The van der Waals surface area contributed by atoms with Crippen LogP contribution in [0.2, 0.25) is 0 Å². The zero-order chi connectivity index (χ0) is 56.0. The summed E-state index contributed by atoms with van der Waals surface area (Å²) in [7, 11) is -8.95. The van der Waals surface area contributed by atoms with Crippen LogP contribution in [0.4, 0.5) is 62.6 Å². The maximum atomic E-state index is 12.0. The third kappa shape index (κ3) is 15.8. The molecule has 77 heavy (non-hydrogen) atoms. The van der Waals surface area contributed by atoms with Crippen LogP contribution in [0, 0.1) is 20.8 Å². The summed E-state index contributed by atoms with van der Waals surface area (Å²) in [5.41, 5.74) is 11.5. The predicted octanol–water partition coefficient (Wildman–Crippen LogP) is 12.2.